The molecule has 0 spiro atoms. The Labute approximate surface area is 200 Å². The summed E-state index contributed by atoms with van der Waals surface area (Å²) in [6.07, 6.45) is 0.756. The molecule has 0 aliphatic carbocycles. The maximum absolute atomic E-state index is 12.7. The van der Waals surface area contributed by atoms with Gasteiger partial charge in [0.05, 0.1) is 21.3 Å². The lowest BCUT2D eigenvalue weighted by Gasteiger charge is -2.26. The van der Waals surface area contributed by atoms with Crippen LogP contribution in [0, 0.1) is 0 Å². The van der Waals surface area contributed by atoms with Crippen molar-refractivity contribution in [2.75, 3.05) is 33.8 Å². The summed E-state index contributed by atoms with van der Waals surface area (Å²) in [5.41, 5.74) is 3.32. The summed E-state index contributed by atoms with van der Waals surface area (Å²) in [7, 11) is 4.86. The minimum absolute atomic E-state index is 0.0637. The molecule has 1 atom stereocenters. The first-order chi connectivity index (χ1) is 16.1. The first-order valence-corrected chi connectivity index (χ1v) is 11.4. The molecule has 1 amide bonds. The summed E-state index contributed by atoms with van der Waals surface area (Å²) >= 11 is 5.95. The Morgan fingerprint density at radius 1 is 0.848 bits per heavy atom. The quantitative estimate of drug-likeness (QED) is 0.349. The zero-order chi connectivity index (χ0) is 23.6. The normalized spacial score (nSPS) is 11.5. The number of benzene rings is 3. The average molecular weight is 468 g/mol. The number of hydrogen-bond donors (Lipinski definition) is 0. The molecular formula is C27H30ClNO4. The summed E-state index contributed by atoms with van der Waals surface area (Å²) in [5, 5.41) is 0. The highest BCUT2D eigenvalue weighted by atomic mass is 35.5. The van der Waals surface area contributed by atoms with E-state index in [0.717, 1.165) is 17.7 Å². The number of carbonyl (C=O) groups excluding carboxylic acids is 1. The lowest BCUT2D eigenvalue weighted by molar-refractivity contribution is -0.129. The molecular weight excluding hydrogens is 438 g/mol. The SMILES string of the molecule is COc1ccc([C@@H](CCN(Cc2ccc(OC)c(OC)c2)C(=O)CCl)c2ccccc2)cc1. The molecule has 33 heavy (non-hydrogen) atoms. The number of hydrogen-bond acceptors (Lipinski definition) is 4. The summed E-state index contributed by atoms with van der Waals surface area (Å²) in [5.74, 6) is 2.07. The third-order valence-electron chi connectivity index (χ3n) is 5.70. The summed E-state index contributed by atoms with van der Waals surface area (Å²) in [6.45, 7) is 1.00. The largest absolute Gasteiger partial charge is 0.497 e. The van der Waals surface area contributed by atoms with Crippen molar-refractivity contribution in [3.05, 3.63) is 89.5 Å². The van der Waals surface area contributed by atoms with Crippen LogP contribution in [-0.2, 0) is 11.3 Å². The number of halogens is 1. The lowest BCUT2D eigenvalue weighted by atomic mass is 9.88. The van der Waals surface area contributed by atoms with Gasteiger partial charge in [0.25, 0.3) is 0 Å². The Balaban J connectivity index is 1.82. The van der Waals surface area contributed by atoms with E-state index < -0.39 is 0 Å². The Morgan fingerprint density at radius 3 is 2.12 bits per heavy atom. The average Bonchev–Trinajstić information content (AvgIpc) is 2.88. The van der Waals surface area contributed by atoms with Crippen molar-refractivity contribution >= 4 is 17.5 Å². The summed E-state index contributed by atoms with van der Waals surface area (Å²) in [6, 6.07) is 24.1. The molecule has 0 unspecified atom stereocenters. The van der Waals surface area contributed by atoms with Gasteiger partial charge in [0, 0.05) is 19.0 Å². The summed E-state index contributed by atoms with van der Waals surface area (Å²) < 4.78 is 16.0. The van der Waals surface area contributed by atoms with Crippen LogP contribution in [0.1, 0.15) is 29.0 Å². The van der Waals surface area contributed by atoms with Crippen LogP contribution in [0.5, 0.6) is 17.2 Å². The molecule has 0 radical (unpaired) electrons. The minimum Gasteiger partial charge on any atom is -0.497 e. The highest BCUT2D eigenvalue weighted by Crippen LogP contribution is 2.31. The number of rotatable bonds is 11. The van der Waals surface area contributed by atoms with Gasteiger partial charge >= 0.3 is 0 Å². The topological polar surface area (TPSA) is 48.0 Å². The lowest BCUT2D eigenvalue weighted by Crippen LogP contribution is -2.33. The van der Waals surface area contributed by atoms with Crippen molar-refractivity contribution in [2.45, 2.75) is 18.9 Å². The van der Waals surface area contributed by atoms with Crippen molar-refractivity contribution < 1.29 is 19.0 Å². The third-order valence-corrected chi connectivity index (χ3v) is 5.92. The van der Waals surface area contributed by atoms with E-state index in [9.17, 15) is 4.79 Å². The molecule has 0 aliphatic rings. The van der Waals surface area contributed by atoms with Crippen LogP contribution in [0.25, 0.3) is 0 Å². The van der Waals surface area contributed by atoms with Gasteiger partial charge in [-0.25, -0.2) is 0 Å². The molecule has 0 heterocycles. The van der Waals surface area contributed by atoms with E-state index in [1.807, 2.05) is 48.5 Å². The van der Waals surface area contributed by atoms with E-state index in [1.165, 1.54) is 11.1 Å². The number of ether oxygens (including phenoxy) is 3. The fourth-order valence-electron chi connectivity index (χ4n) is 3.91. The Morgan fingerprint density at radius 2 is 1.52 bits per heavy atom. The third kappa shape index (κ3) is 6.42. The van der Waals surface area contributed by atoms with E-state index in [4.69, 9.17) is 25.8 Å². The molecule has 0 saturated heterocycles. The van der Waals surface area contributed by atoms with Crippen molar-refractivity contribution in [3.8, 4) is 17.2 Å². The van der Waals surface area contributed by atoms with Gasteiger partial charge in [0.2, 0.25) is 5.91 Å². The van der Waals surface area contributed by atoms with Gasteiger partial charge in [-0.1, -0.05) is 48.5 Å². The molecule has 0 aromatic heterocycles. The van der Waals surface area contributed by atoms with Gasteiger partial charge in [0.1, 0.15) is 11.6 Å². The van der Waals surface area contributed by atoms with Gasteiger partial charge in [-0.3, -0.25) is 4.79 Å². The Hall–Kier alpha value is -3.18. The number of amides is 1. The maximum atomic E-state index is 12.7. The van der Waals surface area contributed by atoms with Crippen molar-refractivity contribution in [3.63, 3.8) is 0 Å². The zero-order valence-electron chi connectivity index (χ0n) is 19.3. The molecule has 0 bridgehead atoms. The fraction of sp³-hybridized carbons (Fsp3) is 0.296. The van der Waals surface area contributed by atoms with Crippen molar-refractivity contribution in [2.24, 2.45) is 0 Å². The van der Waals surface area contributed by atoms with E-state index in [1.54, 1.807) is 26.2 Å². The molecule has 0 N–H and O–H groups in total. The van der Waals surface area contributed by atoms with Crippen LogP contribution >= 0.6 is 11.6 Å². The first-order valence-electron chi connectivity index (χ1n) is 10.8. The van der Waals surface area contributed by atoms with Crippen LogP contribution in [0.15, 0.2) is 72.8 Å². The molecule has 3 rings (SSSR count). The van der Waals surface area contributed by atoms with Crippen LogP contribution in [0.3, 0.4) is 0 Å². The van der Waals surface area contributed by atoms with E-state index in [0.29, 0.717) is 24.6 Å². The minimum atomic E-state index is -0.104. The number of nitrogens with zero attached hydrogens (tertiary/aromatic N) is 1. The number of methoxy groups -OCH3 is 3. The molecule has 3 aromatic rings. The Bertz CT molecular complexity index is 1020. The van der Waals surface area contributed by atoms with Crippen molar-refractivity contribution in [1.29, 1.82) is 0 Å². The predicted octanol–water partition coefficient (Wildman–Crippen LogP) is 5.50. The van der Waals surface area contributed by atoms with Crippen LogP contribution in [0.4, 0.5) is 0 Å². The predicted molar refractivity (Wildman–Crippen MR) is 132 cm³/mol. The molecule has 0 aliphatic heterocycles. The van der Waals surface area contributed by atoms with Crippen LogP contribution in [-0.4, -0.2) is 44.6 Å². The monoisotopic (exact) mass is 467 g/mol. The molecule has 0 fully saturated rings. The second kappa shape index (κ2) is 12.2. The van der Waals surface area contributed by atoms with Gasteiger partial charge < -0.3 is 19.1 Å². The van der Waals surface area contributed by atoms with Gasteiger partial charge in [0.15, 0.2) is 11.5 Å². The molecule has 3 aromatic carbocycles. The highest BCUT2D eigenvalue weighted by Gasteiger charge is 2.19. The molecule has 6 heteroatoms. The molecule has 0 saturated carbocycles. The second-order valence-corrected chi connectivity index (χ2v) is 7.93. The Kier molecular flexibility index (Phi) is 9.02. The van der Waals surface area contributed by atoms with Crippen LogP contribution < -0.4 is 14.2 Å². The number of alkyl halides is 1. The van der Waals surface area contributed by atoms with E-state index in [2.05, 4.69) is 24.3 Å². The zero-order valence-corrected chi connectivity index (χ0v) is 20.0. The first kappa shape index (κ1) is 24.5. The standard InChI is InChI=1S/C27H30ClNO4/c1-31-23-12-10-22(11-13-23)24(21-7-5-4-6-8-21)15-16-29(27(30)18-28)19-20-9-14-25(32-2)26(17-20)33-3/h4-14,17,24H,15-16,18-19H2,1-3H3/t24-/m0/s1. The van der Waals surface area contributed by atoms with E-state index in [-0.39, 0.29) is 17.7 Å². The number of carbonyl (C=O) groups is 1. The fourth-order valence-corrected chi connectivity index (χ4v) is 4.08. The van der Waals surface area contributed by atoms with Gasteiger partial charge in [-0.05, 0) is 47.4 Å². The van der Waals surface area contributed by atoms with Crippen LogP contribution in [0.2, 0.25) is 0 Å². The van der Waals surface area contributed by atoms with E-state index >= 15 is 0 Å². The maximum Gasteiger partial charge on any atom is 0.237 e. The smallest absolute Gasteiger partial charge is 0.237 e. The second-order valence-electron chi connectivity index (χ2n) is 7.66. The van der Waals surface area contributed by atoms with Crippen molar-refractivity contribution in [1.82, 2.24) is 4.90 Å². The highest BCUT2D eigenvalue weighted by molar-refractivity contribution is 6.27. The van der Waals surface area contributed by atoms with Gasteiger partial charge in [-0.15, -0.1) is 11.6 Å². The van der Waals surface area contributed by atoms with Gasteiger partial charge in [-0.2, -0.15) is 0 Å². The molecule has 174 valence electrons. The summed E-state index contributed by atoms with van der Waals surface area (Å²) in [4.78, 5) is 14.5. The molecule has 5 nitrogen and oxygen atoms in total.